The molecule has 0 unspecified atom stereocenters. The number of carbonyl (C=O) groups is 2. The van der Waals surface area contributed by atoms with Gasteiger partial charge in [0.25, 0.3) is 0 Å². The van der Waals surface area contributed by atoms with Crippen LogP contribution >= 0.6 is 0 Å². The summed E-state index contributed by atoms with van der Waals surface area (Å²) in [6.45, 7) is 3.61. The maximum atomic E-state index is 12.5. The van der Waals surface area contributed by atoms with E-state index in [1.54, 1.807) is 31.8 Å². The fraction of sp³-hybridized carbons (Fsp3) is 0.353. The number of carboxylic acids is 1. The van der Waals surface area contributed by atoms with Crippen LogP contribution in [0.5, 0.6) is 0 Å². The summed E-state index contributed by atoms with van der Waals surface area (Å²) >= 11 is 0. The molecule has 0 bridgehead atoms. The summed E-state index contributed by atoms with van der Waals surface area (Å²) in [6, 6.07) is 9.55. The van der Waals surface area contributed by atoms with E-state index in [0.717, 1.165) is 5.56 Å². The lowest BCUT2D eigenvalue weighted by molar-refractivity contribution is -0.140. The van der Waals surface area contributed by atoms with Crippen molar-refractivity contribution in [1.82, 2.24) is 9.78 Å². The van der Waals surface area contributed by atoms with Crippen LogP contribution in [0.25, 0.3) is 11.3 Å². The van der Waals surface area contributed by atoms with Crippen LogP contribution in [0.1, 0.15) is 13.8 Å². The number of aryl methyl sites for hydroxylation is 1. The van der Waals surface area contributed by atoms with Gasteiger partial charge in [-0.15, -0.1) is 0 Å². The Bertz CT molecular complexity index is 765. The highest BCUT2D eigenvalue weighted by Gasteiger charge is 2.65. The number of nitrogens with zero attached hydrogens (tertiary/aromatic N) is 2. The zero-order valence-electron chi connectivity index (χ0n) is 13.3. The molecule has 1 amide bonds. The molecule has 120 valence electrons. The maximum Gasteiger partial charge on any atom is 0.307 e. The fourth-order valence-corrected chi connectivity index (χ4v) is 3.19. The van der Waals surface area contributed by atoms with E-state index in [9.17, 15) is 14.7 Å². The normalized spacial score (nSPS) is 21.7. The smallest absolute Gasteiger partial charge is 0.307 e. The van der Waals surface area contributed by atoms with Gasteiger partial charge in [-0.05, 0) is 5.41 Å². The van der Waals surface area contributed by atoms with Crippen molar-refractivity contribution >= 4 is 17.6 Å². The van der Waals surface area contributed by atoms with E-state index in [0.29, 0.717) is 11.4 Å². The first kappa shape index (κ1) is 15.3. The number of carboxylic acid groups (broad SMARTS) is 1. The second-order valence-electron chi connectivity index (χ2n) is 6.54. The molecule has 3 rings (SSSR count). The number of nitrogens with one attached hydrogen (secondary N) is 1. The minimum atomic E-state index is -0.926. The van der Waals surface area contributed by atoms with Gasteiger partial charge >= 0.3 is 5.97 Å². The molecule has 6 nitrogen and oxygen atoms in total. The van der Waals surface area contributed by atoms with Crippen LogP contribution in [0, 0.1) is 17.3 Å². The summed E-state index contributed by atoms with van der Waals surface area (Å²) in [6.07, 6.45) is 1.73. The first-order chi connectivity index (χ1) is 10.8. The average Bonchev–Trinajstić information content (AvgIpc) is 2.89. The molecule has 0 saturated heterocycles. The number of amides is 1. The number of hydrogen-bond acceptors (Lipinski definition) is 3. The van der Waals surface area contributed by atoms with Gasteiger partial charge in [-0.3, -0.25) is 14.3 Å². The predicted octanol–water partition coefficient (Wildman–Crippen LogP) is 2.38. The highest BCUT2D eigenvalue weighted by Crippen LogP contribution is 2.58. The van der Waals surface area contributed by atoms with Gasteiger partial charge in [0.2, 0.25) is 5.91 Å². The number of hydrogen-bond donors (Lipinski definition) is 2. The first-order valence-electron chi connectivity index (χ1n) is 7.45. The Morgan fingerprint density at radius 1 is 1.22 bits per heavy atom. The highest BCUT2D eigenvalue weighted by molar-refractivity contribution is 6.01. The molecule has 1 aromatic carbocycles. The van der Waals surface area contributed by atoms with Crippen molar-refractivity contribution in [2.45, 2.75) is 13.8 Å². The van der Waals surface area contributed by atoms with Gasteiger partial charge in [-0.1, -0.05) is 44.2 Å². The molecule has 1 heterocycles. The van der Waals surface area contributed by atoms with Crippen molar-refractivity contribution in [3.8, 4) is 11.3 Å². The molecule has 1 fully saturated rings. The topological polar surface area (TPSA) is 84.2 Å². The molecule has 6 heteroatoms. The van der Waals surface area contributed by atoms with Gasteiger partial charge in [-0.25, -0.2) is 0 Å². The molecule has 1 aromatic heterocycles. The fourth-order valence-electron chi connectivity index (χ4n) is 3.19. The van der Waals surface area contributed by atoms with Gasteiger partial charge < -0.3 is 10.4 Å². The highest BCUT2D eigenvalue weighted by atomic mass is 16.4. The zero-order valence-corrected chi connectivity index (χ0v) is 13.3. The van der Waals surface area contributed by atoms with Crippen molar-refractivity contribution in [3.05, 3.63) is 36.5 Å². The molecule has 1 aliphatic carbocycles. The quantitative estimate of drug-likeness (QED) is 0.907. The standard InChI is InChI=1S/C17H19N3O3/c1-17(2)12(13(17)16(22)23)15(21)18-11-9-20(3)19-14(11)10-7-5-4-6-8-10/h4-9,12-13H,1-3H3,(H,18,21)(H,22,23)/t12-,13+/m0/s1. The predicted molar refractivity (Wildman–Crippen MR) is 85.7 cm³/mol. The summed E-state index contributed by atoms with van der Waals surface area (Å²) < 4.78 is 1.63. The third-order valence-corrected chi connectivity index (χ3v) is 4.51. The Morgan fingerprint density at radius 3 is 2.43 bits per heavy atom. The monoisotopic (exact) mass is 313 g/mol. The molecule has 23 heavy (non-hydrogen) atoms. The lowest BCUT2D eigenvalue weighted by Crippen LogP contribution is -2.17. The molecule has 0 radical (unpaired) electrons. The third kappa shape index (κ3) is 2.60. The van der Waals surface area contributed by atoms with Crippen LogP contribution in [0.4, 0.5) is 5.69 Å². The van der Waals surface area contributed by atoms with E-state index in [4.69, 9.17) is 0 Å². The van der Waals surface area contributed by atoms with E-state index in [1.807, 2.05) is 30.3 Å². The van der Waals surface area contributed by atoms with Crippen LogP contribution in [0.2, 0.25) is 0 Å². The number of benzene rings is 1. The maximum absolute atomic E-state index is 12.5. The summed E-state index contributed by atoms with van der Waals surface area (Å²) in [5.74, 6) is -2.36. The Kier molecular flexibility index (Phi) is 3.47. The van der Waals surface area contributed by atoms with Gasteiger partial charge in [0.1, 0.15) is 5.69 Å². The van der Waals surface area contributed by atoms with Gasteiger partial charge in [0.05, 0.1) is 17.5 Å². The molecule has 2 N–H and O–H groups in total. The van der Waals surface area contributed by atoms with Crippen LogP contribution in [-0.2, 0) is 16.6 Å². The van der Waals surface area contributed by atoms with Crippen molar-refractivity contribution in [3.63, 3.8) is 0 Å². The summed E-state index contributed by atoms with van der Waals surface area (Å²) in [4.78, 5) is 23.7. The van der Waals surface area contributed by atoms with Gasteiger partial charge in [-0.2, -0.15) is 5.10 Å². The van der Waals surface area contributed by atoms with E-state index >= 15 is 0 Å². The minimum absolute atomic E-state index is 0.271. The van der Waals surface area contributed by atoms with E-state index in [2.05, 4.69) is 10.4 Å². The van der Waals surface area contributed by atoms with E-state index in [-0.39, 0.29) is 5.91 Å². The molecule has 0 spiro atoms. The first-order valence-corrected chi connectivity index (χ1v) is 7.45. The average molecular weight is 313 g/mol. The SMILES string of the molecule is Cn1cc(NC(=O)[C@@H]2[C@H](C(=O)O)C2(C)C)c(-c2ccccc2)n1. The summed E-state index contributed by atoms with van der Waals surface area (Å²) in [5.41, 5.74) is 1.64. The van der Waals surface area contributed by atoms with Gasteiger partial charge in [0, 0.05) is 18.8 Å². The van der Waals surface area contributed by atoms with Crippen LogP contribution < -0.4 is 5.32 Å². The van der Waals surface area contributed by atoms with Crippen LogP contribution in [0.15, 0.2) is 36.5 Å². The molecule has 2 aromatic rings. The van der Waals surface area contributed by atoms with E-state index < -0.39 is 23.2 Å². The van der Waals surface area contributed by atoms with Crippen molar-refractivity contribution in [2.75, 3.05) is 5.32 Å². The largest absolute Gasteiger partial charge is 0.481 e. The Morgan fingerprint density at radius 2 is 1.87 bits per heavy atom. The second kappa shape index (κ2) is 5.22. The lowest BCUT2D eigenvalue weighted by atomic mass is 10.1. The third-order valence-electron chi connectivity index (χ3n) is 4.51. The van der Waals surface area contributed by atoms with Crippen molar-refractivity contribution in [1.29, 1.82) is 0 Å². The number of rotatable bonds is 4. The Labute approximate surface area is 134 Å². The molecule has 2 atom stereocenters. The van der Waals surface area contributed by atoms with E-state index in [1.165, 1.54) is 0 Å². The molecule has 0 aliphatic heterocycles. The Hall–Kier alpha value is -2.63. The Balaban J connectivity index is 1.85. The number of aliphatic carboxylic acids is 1. The lowest BCUT2D eigenvalue weighted by Gasteiger charge is -2.06. The molecule has 1 aliphatic rings. The number of aromatic nitrogens is 2. The molecule has 1 saturated carbocycles. The van der Waals surface area contributed by atoms with Crippen molar-refractivity contribution < 1.29 is 14.7 Å². The van der Waals surface area contributed by atoms with Crippen molar-refractivity contribution in [2.24, 2.45) is 24.3 Å². The van der Waals surface area contributed by atoms with Gasteiger partial charge in [0.15, 0.2) is 0 Å². The molecular formula is C17H19N3O3. The summed E-state index contributed by atoms with van der Waals surface area (Å²) in [7, 11) is 1.78. The summed E-state index contributed by atoms with van der Waals surface area (Å²) in [5, 5.41) is 16.5. The minimum Gasteiger partial charge on any atom is -0.481 e. The van der Waals surface area contributed by atoms with Crippen LogP contribution in [-0.4, -0.2) is 26.8 Å². The van der Waals surface area contributed by atoms with Crippen LogP contribution in [0.3, 0.4) is 0 Å². The number of carbonyl (C=O) groups excluding carboxylic acids is 1. The zero-order chi connectivity index (χ0) is 16.8. The number of anilines is 1. The molecular weight excluding hydrogens is 294 g/mol. The second-order valence-corrected chi connectivity index (χ2v) is 6.54.